The summed E-state index contributed by atoms with van der Waals surface area (Å²) in [4.78, 5) is 10.5. The molecule has 96 valence electrons. The van der Waals surface area contributed by atoms with Crippen molar-refractivity contribution in [2.45, 2.75) is 33.3 Å². The van der Waals surface area contributed by atoms with Crippen LogP contribution in [0.5, 0.6) is 0 Å². The molecule has 0 unspecified atom stereocenters. The van der Waals surface area contributed by atoms with E-state index in [1.165, 1.54) is 0 Å². The lowest BCUT2D eigenvalue weighted by molar-refractivity contribution is 0.0884. The molecular formula is C11H21N5O. The molecular weight excluding hydrogens is 218 g/mol. The van der Waals surface area contributed by atoms with E-state index in [-0.39, 0.29) is 0 Å². The van der Waals surface area contributed by atoms with Crippen LogP contribution in [0.2, 0.25) is 0 Å². The number of aryl methyl sites for hydroxylation is 1. The molecule has 4 N–H and O–H groups in total. The molecule has 1 heterocycles. The molecule has 0 atom stereocenters. The van der Waals surface area contributed by atoms with Crippen molar-refractivity contribution in [3.63, 3.8) is 0 Å². The molecule has 6 heteroatoms. The Labute approximate surface area is 102 Å². The van der Waals surface area contributed by atoms with Gasteiger partial charge < -0.3 is 15.4 Å². The first kappa shape index (κ1) is 13.7. The molecule has 0 aromatic carbocycles. The summed E-state index contributed by atoms with van der Waals surface area (Å²) in [5, 5.41) is 9.81. The first-order valence-electron chi connectivity index (χ1n) is 5.50. The van der Waals surface area contributed by atoms with Crippen LogP contribution in [0.25, 0.3) is 0 Å². The second-order valence-electron chi connectivity index (χ2n) is 4.88. The van der Waals surface area contributed by atoms with Crippen LogP contribution < -0.4 is 16.2 Å². The number of nitrogens with zero attached hydrogens (tertiary/aromatic N) is 3. The maximum absolute atomic E-state index is 9.81. The van der Waals surface area contributed by atoms with Crippen molar-refractivity contribution in [2.24, 2.45) is 5.84 Å². The summed E-state index contributed by atoms with van der Waals surface area (Å²) in [7, 11) is 1.88. The van der Waals surface area contributed by atoms with E-state index in [1.807, 2.05) is 25.8 Å². The molecule has 6 nitrogen and oxygen atoms in total. The highest BCUT2D eigenvalue weighted by molar-refractivity contribution is 5.57. The van der Waals surface area contributed by atoms with E-state index in [1.54, 1.807) is 13.8 Å². The minimum Gasteiger partial charge on any atom is -0.389 e. The Balaban J connectivity index is 3.09. The minimum absolute atomic E-state index is 0.480. The van der Waals surface area contributed by atoms with Gasteiger partial charge in [-0.1, -0.05) is 0 Å². The van der Waals surface area contributed by atoms with Crippen LogP contribution >= 0.6 is 0 Å². The van der Waals surface area contributed by atoms with Gasteiger partial charge in [0.05, 0.1) is 5.60 Å². The third kappa shape index (κ3) is 3.54. The number of hydrazine groups is 1. The zero-order chi connectivity index (χ0) is 13.2. The summed E-state index contributed by atoms with van der Waals surface area (Å²) >= 11 is 0. The number of nitrogen functional groups attached to an aromatic ring is 1. The van der Waals surface area contributed by atoms with E-state index in [0.29, 0.717) is 18.2 Å². The van der Waals surface area contributed by atoms with E-state index < -0.39 is 5.60 Å². The average molecular weight is 239 g/mol. The lowest BCUT2D eigenvalue weighted by Gasteiger charge is -2.28. The second kappa shape index (κ2) is 4.85. The van der Waals surface area contributed by atoms with Gasteiger partial charge in [-0.25, -0.2) is 15.8 Å². The normalized spacial score (nSPS) is 11.5. The summed E-state index contributed by atoms with van der Waals surface area (Å²) in [5.41, 5.74) is 2.64. The maximum Gasteiger partial charge on any atom is 0.148 e. The van der Waals surface area contributed by atoms with E-state index in [4.69, 9.17) is 5.84 Å². The molecule has 0 radical (unpaired) electrons. The topological polar surface area (TPSA) is 87.3 Å². The van der Waals surface area contributed by atoms with Gasteiger partial charge in [-0.2, -0.15) is 0 Å². The van der Waals surface area contributed by atoms with Crippen molar-refractivity contribution < 1.29 is 5.11 Å². The molecule has 0 aliphatic carbocycles. The van der Waals surface area contributed by atoms with Gasteiger partial charge in [-0.05, 0) is 27.7 Å². The van der Waals surface area contributed by atoms with E-state index in [9.17, 15) is 5.11 Å². The third-order valence-electron chi connectivity index (χ3n) is 2.35. The molecule has 0 bridgehead atoms. The number of nitrogens with one attached hydrogen (secondary N) is 1. The highest BCUT2D eigenvalue weighted by Gasteiger charge is 2.19. The van der Waals surface area contributed by atoms with Crippen molar-refractivity contribution >= 4 is 11.6 Å². The van der Waals surface area contributed by atoms with Crippen LogP contribution in [-0.2, 0) is 0 Å². The second-order valence-corrected chi connectivity index (χ2v) is 4.88. The zero-order valence-corrected chi connectivity index (χ0v) is 11.1. The predicted molar refractivity (Wildman–Crippen MR) is 68.9 cm³/mol. The van der Waals surface area contributed by atoms with Gasteiger partial charge in [-0.15, -0.1) is 0 Å². The first-order valence-corrected chi connectivity index (χ1v) is 5.50. The van der Waals surface area contributed by atoms with E-state index in [0.717, 1.165) is 11.4 Å². The van der Waals surface area contributed by atoms with Gasteiger partial charge in [-0.3, -0.25) is 0 Å². The molecule has 0 saturated carbocycles. The standard InChI is InChI=1S/C11H21N5O/c1-7-9(15-12)13-8(2)14-10(7)16(5)6-11(3,4)17/h17H,6,12H2,1-5H3,(H,13,14,15). The number of hydrogen-bond donors (Lipinski definition) is 3. The first-order chi connectivity index (χ1) is 7.74. The predicted octanol–water partition coefficient (Wildman–Crippen LogP) is 0.586. The lowest BCUT2D eigenvalue weighted by atomic mass is 10.1. The van der Waals surface area contributed by atoms with E-state index >= 15 is 0 Å². The Kier molecular flexibility index (Phi) is 3.90. The van der Waals surface area contributed by atoms with Crippen molar-refractivity contribution in [1.29, 1.82) is 0 Å². The minimum atomic E-state index is -0.781. The number of hydrogen-bond acceptors (Lipinski definition) is 6. The van der Waals surface area contributed by atoms with Crippen molar-refractivity contribution in [3.05, 3.63) is 11.4 Å². The van der Waals surface area contributed by atoms with Gasteiger partial charge in [0.1, 0.15) is 17.5 Å². The van der Waals surface area contributed by atoms with Gasteiger partial charge in [0, 0.05) is 19.2 Å². The van der Waals surface area contributed by atoms with Gasteiger partial charge in [0.2, 0.25) is 0 Å². The fourth-order valence-corrected chi connectivity index (χ4v) is 1.78. The van der Waals surface area contributed by atoms with Crippen LogP contribution in [0.3, 0.4) is 0 Å². The van der Waals surface area contributed by atoms with Gasteiger partial charge in [0.15, 0.2) is 0 Å². The van der Waals surface area contributed by atoms with Crippen LogP contribution in [0.4, 0.5) is 11.6 Å². The average Bonchev–Trinajstić information content (AvgIpc) is 2.18. The number of aliphatic hydroxyl groups is 1. The van der Waals surface area contributed by atoms with Crippen LogP contribution in [-0.4, -0.2) is 34.3 Å². The molecule has 1 rings (SSSR count). The Morgan fingerprint density at radius 2 is 1.94 bits per heavy atom. The zero-order valence-electron chi connectivity index (χ0n) is 11.1. The SMILES string of the molecule is Cc1nc(NN)c(C)c(N(C)CC(C)(C)O)n1. The lowest BCUT2D eigenvalue weighted by Crippen LogP contribution is -2.37. The summed E-state index contributed by atoms with van der Waals surface area (Å²) in [6.45, 7) is 7.70. The summed E-state index contributed by atoms with van der Waals surface area (Å²) in [6.07, 6.45) is 0. The Morgan fingerprint density at radius 1 is 1.35 bits per heavy atom. The molecule has 1 aromatic rings. The number of anilines is 2. The quantitative estimate of drug-likeness (QED) is 0.526. The highest BCUT2D eigenvalue weighted by Crippen LogP contribution is 2.23. The number of likely N-dealkylation sites (N-methyl/N-ethyl adjacent to an activating group) is 1. The highest BCUT2D eigenvalue weighted by atomic mass is 16.3. The fraction of sp³-hybridized carbons (Fsp3) is 0.636. The maximum atomic E-state index is 9.81. The van der Waals surface area contributed by atoms with Crippen LogP contribution in [0, 0.1) is 13.8 Å². The molecule has 0 aliphatic rings. The van der Waals surface area contributed by atoms with Crippen LogP contribution in [0.1, 0.15) is 25.2 Å². The molecule has 0 amide bonds. The number of nitrogens with two attached hydrogens (primary N) is 1. The third-order valence-corrected chi connectivity index (χ3v) is 2.35. The molecule has 1 aromatic heterocycles. The number of rotatable bonds is 4. The van der Waals surface area contributed by atoms with Crippen LogP contribution in [0.15, 0.2) is 0 Å². The Hall–Kier alpha value is -1.40. The molecule has 0 fully saturated rings. The summed E-state index contributed by atoms with van der Waals surface area (Å²) < 4.78 is 0. The largest absolute Gasteiger partial charge is 0.389 e. The Bertz CT molecular complexity index is 400. The monoisotopic (exact) mass is 239 g/mol. The van der Waals surface area contributed by atoms with Gasteiger partial charge in [0.25, 0.3) is 0 Å². The summed E-state index contributed by atoms with van der Waals surface area (Å²) in [5.74, 6) is 7.43. The van der Waals surface area contributed by atoms with Crippen molar-refractivity contribution in [2.75, 3.05) is 23.9 Å². The molecule has 0 aliphatic heterocycles. The van der Waals surface area contributed by atoms with Crippen molar-refractivity contribution in [1.82, 2.24) is 9.97 Å². The fourth-order valence-electron chi connectivity index (χ4n) is 1.78. The molecule has 17 heavy (non-hydrogen) atoms. The van der Waals surface area contributed by atoms with E-state index in [2.05, 4.69) is 15.4 Å². The summed E-state index contributed by atoms with van der Waals surface area (Å²) in [6, 6.07) is 0. The molecule has 0 spiro atoms. The van der Waals surface area contributed by atoms with Crippen molar-refractivity contribution in [3.8, 4) is 0 Å². The Morgan fingerprint density at radius 3 is 2.41 bits per heavy atom. The number of aromatic nitrogens is 2. The smallest absolute Gasteiger partial charge is 0.148 e. The van der Waals surface area contributed by atoms with Gasteiger partial charge >= 0.3 is 0 Å². The molecule has 0 saturated heterocycles.